The number of nitrogens with one attached hydrogen (secondary N) is 1. The van der Waals surface area contributed by atoms with E-state index < -0.39 is 0 Å². The molecule has 148 valence electrons. The molecule has 1 aliphatic heterocycles. The van der Waals surface area contributed by atoms with E-state index in [2.05, 4.69) is 34.3 Å². The minimum Gasteiger partial charge on any atom is -0.462 e. The van der Waals surface area contributed by atoms with E-state index in [9.17, 15) is 4.79 Å². The molecular formula is C19H28N4O3S. The zero-order chi connectivity index (χ0) is 19.6. The molecule has 0 atom stereocenters. The largest absolute Gasteiger partial charge is 0.462 e. The predicted molar refractivity (Wildman–Crippen MR) is 108 cm³/mol. The molecule has 8 heteroatoms. The van der Waals surface area contributed by atoms with E-state index in [-0.39, 0.29) is 11.5 Å². The smallest absolute Gasteiger partial charge is 0.348 e. The van der Waals surface area contributed by atoms with Crippen LogP contribution >= 0.6 is 11.3 Å². The maximum absolute atomic E-state index is 12.3. The van der Waals surface area contributed by atoms with Crippen LogP contribution in [0.5, 0.6) is 0 Å². The van der Waals surface area contributed by atoms with Crippen LogP contribution in [0.15, 0.2) is 0 Å². The Morgan fingerprint density at radius 1 is 1.30 bits per heavy atom. The van der Waals surface area contributed by atoms with Crippen LogP contribution in [-0.2, 0) is 9.47 Å². The van der Waals surface area contributed by atoms with Gasteiger partial charge in [-0.2, -0.15) is 0 Å². The Morgan fingerprint density at radius 2 is 2.00 bits per heavy atom. The summed E-state index contributed by atoms with van der Waals surface area (Å²) < 4.78 is 10.8. The summed E-state index contributed by atoms with van der Waals surface area (Å²) in [6.07, 6.45) is 1.94. The van der Waals surface area contributed by atoms with Crippen LogP contribution in [0.2, 0.25) is 0 Å². The lowest BCUT2D eigenvalue weighted by atomic mass is 9.88. The van der Waals surface area contributed by atoms with Crippen molar-refractivity contribution in [1.82, 2.24) is 14.9 Å². The van der Waals surface area contributed by atoms with Gasteiger partial charge in [0.25, 0.3) is 0 Å². The number of anilines is 1. The average Bonchev–Trinajstić information content (AvgIpc) is 2.97. The van der Waals surface area contributed by atoms with Gasteiger partial charge >= 0.3 is 5.97 Å². The molecule has 1 fully saturated rings. The third kappa shape index (κ3) is 3.93. The van der Waals surface area contributed by atoms with Crippen LogP contribution in [0.3, 0.4) is 0 Å². The first kappa shape index (κ1) is 20.0. The number of fused-ring (bicyclic) bond motifs is 1. The zero-order valence-electron chi connectivity index (χ0n) is 16.7. The highest BCUT2D eigenvalue weighted by Crippen LogP contribution is 2.35. The lowest BCUT2D eigenvalue weighted by Gasteiger charge is -2.43. The van der Waals surface area contributed by atoms with Gasteiger partial charge in [0, 0.05) is 25.3 Å². The summed E-state index contributed by atoms with van der Waals surface area (Å²) in [7, 11) is 4.23. The summed E-state index contributed by atoms with van der Waals surface area (Å²) in [5.41, 5.74) is 0.902. The van der Waals surface area contributed by atoms with Crippen LogP contribution in [0.4, 0.5) is 5.82 Å². The standard InChI is InChI=1S/C19H28N4O3S/c1-6-26-18(24)15-12(2)14-16(21-13(3)22-17(14)27-15)20-11-19(23(4)5)7-9-25-10-8-19/h6-11H2,1-5H3,(H,20,21,22). The quantitative estimate of drug-likeness (QED) is 0.757. The molecule has 1 aliphatic rings. The van der Waals surface area contributed by atoms with Crippen molar-refractivity contribution in [2.24, 2.45) is 0 Å². The molecule has 0 aromatic carbocycles. The van der Waals surface area contributed by atoms with Crippen molar-refractivity contribution in [3.8, 4) is 0 Å². The zero-order valence-corrected chi connectivity index (χ0v) is 17.5. The Balaban J connectivity index is 1.95. The highest BCUT2D eigenvalue weighted by Gasteiger charge is 2.35. The maximum atomic E-state index is 12.3. The molecule has 7 nitrogen and oxygen atoms in total. The fourth-order valence-electron chi connectivity index (χ4n) is 3.55. The van der Waals surface area contributed by atoms with E-state index >= 15 is 0 Å². The van der Waals surface area contributed by atoms with Gasteiger partial charge in [-0.3, -0.25) is 0 Å². The molecular weight excluding hydrogens is 364 g/mol. The van der Waals surface area contributed by atoms with Crippen LogP contribution in [0.1, 0.15) is 40.8 Å². The Labute approximate surface area is 164 Å². The van der Waals surface area contributed by atoms with Crippen LogP contribution < -0.4 is 5.32 Å². The molecule has 3 heterocycles. The molecule has 0 saturated carbocycles. The second-order valence-corrected chi connectivity index (χ2v) is 8.16. The van der Waals surface area contributed by atoms with Crippen molar-refractivity contribution in [1.29, 1.82) is 0 Å². The number of carbonyl (C=O) groups excluding carboxylic acids is 1. The van der Waals surface area contributed by atoms with Crippen molar-refractivity contribution in [3.05, 3.63) is 16.3 Å². The van der Waals surface area contributed by atoms with Crippen LogP contribution in [-0.4, -0.2) is 66.8 Å². The summed E-state index contributed by atoms with van der Waals surface area (Å²) in [5, 5.41) is 4.46. The van der Waals surface area contributed by atoms with E-state index in [4.69, 9.17) is 9.47 Å². The third-order valence-electron chi connectivity index (χ3n) is 5.32. The first-order chi connectivity index (χ1) is 12.9. The summed E-state index contributed by atoms with van der Waals surface area (Å²) in [4.78, 5) is 25.1. The SMILES string of the molecule is CCOC(=O)c1sc2nc(C)nc(NCC3(N(C)C)CCOCC3)c2c1C. The number of nitrogens with zero attached hydrogens (tertiary/aromatic N) is 3. The summed E-state index contributed by atoms with van der Waals surface area (Å²) in [6, 6.07) is 0. The Hall–Kier alpha value is -1.77. The lowest BCUT2D eigenvalue weighted by Crippen LogP contribution is -2.53. The molecule has 3 rings (SSSR count). The second-order valence-electron chi connectivity index (χ2n) is 7.16. The molecule has 0 unspecified atom stereocenters. The van der Waals surface area contributed by atoms with Crippen molar-refractivity contribution in [2.75, 3.05) is 45.8 Å². The number of carbonyl (C=O) groups is 1. The van der Waals surface area contributed by atoms with Gasteiger partial charge in [-0.15, -0.1) is 11.3 Å². The number of aromatic nitrogens is 2. The average molecular weight is 393 g/mol. The van der Waals surface area contributed by atoms with E-state index in [1.807, 2.05) is 20.8 Å². The first-order valence-corrected chi connectivity index (χ1v) is 10.1. The molecule has 1 N–H and O–H groups in total. The molecule has 0 bridgehead atoms. The van der Waals surface area contributed by atoms with Crippen molar-refractivity contribution >= 4 is 33.3 Å². The van der Waals surface area contributed by atoms with Gasteiger partial charge in [-0.05, 0) is 53.3 Å². The summed E-state index contributed by atoms with van der Waals surface area (Å²) in [6.45, 7) is 8.27. The number of aryl methyl sites for hydroxylation is 2. The molecule has 27 heavy (non-hydrogen) atoms. The number of likely N-dealkylation sites (N-methyl/N-ethyl adjacent to an activating group) is 1. The summed E-state index contributed by atoms with van der Waals surface area (Å²) in [5.74, 6) is 1.18. The fraction of sp³-hybridized carbons (Fsp3) is 0.632. The van der Waals surface area contributed by atoms with E-state index in [0.29, 0.717) is 17.3 Å². The fourth-order valence-corrected chi connectivity index (χ4v) is 4.67. The normalized spacial score (nSPS) is 16.7. The van der Waals surface area contributed by atoms with Gasteiger partial charge in [0.05, 0.1) is 12.0 Å². The number of esters is 1. The van der Waals surface area contributed by atoms with Crippen LogP contribution in [0.25, 0.3) is 10.2 Å². The van der Waals surface area contributed by atoms with Gasteiger partial charge in [-0.1, -0.05) is 0 Å². The van der Waals surface area contributed by atoms with E-state index in [1.54, 1.807) is 0 Å². The Kier molecular flexibility index (Phi) is 5.98. The van der Waals surface area contributed by atoms with E-state index in [1.165, 1.54) is 11.3 Å². The van der Waals surface area contributed by atoms with Crippen molar-refractivity contribution in [2.45, 2.75) is 39.2 Å². The number of hydrogen-bond acceptors (Lipinski definition) is 8. The highest BCUT2D eigenvalue weighted by molar-refractivity contribution is 7.20. The molecule has 1 saturated heterocycles. The molecule has 0 aliphatic carbocycles. The monoisotopic (exact) mass is 392 g/mol. The molecule has 0 spiro atoms. The minimum atomic E-state index is -0.296. The van der Waals surface area contributed by atoms with Crippen molar-refractivity contribution in [3.63, 3.8) is 0 Å². The first-order valence-electron chi connectivity index (χ1n) is 9.32. The number of thiophene rings is 1. The summed E-state index contributed by atoms with van der Waals surface area (Å²) >= 11 is 1.37. The number of hydrogen-bond donors (Lipinski definition) is 1. The lowest BCUT2D eigenvalue weighted by molar-refractivity contribution is -0.000655. The van der Waals surface area contributed by atoms with Gasteiger partial charge in [-0.25, -0.2) is 14.8 Å². The van der Waals surface area contributed by atoms with Gasteiger partial charge in [0.1, 0.15) is 21.3 Å². The Bertz CT molecular complexity index is 828. The van der Waals surface area contributed by atoms with Gasteiger partial charge < -0.3 is 19.7 Å². The van der Waals surface area contributed by atoms with Crippen molar-refractivity contribution < 1.29 is 14.3 Å². The minimum absolute atomic E-state index is 0.0251. The maximum Gasteiger partial charge on any atom is 0.348 e. The Morgan fingerprint density at radius 3 is 2.63 bits per heavy atom. The van der Waals surface area contributed by atoms with E-state index in [0.717, 1.165) is 54.2 Å². The molecule has 2 aromatic rings. The number of rotatable bonds is 6. The third-order valence-corrected chi connectivity index (χ3v) is 6.49. The molecule has 2 aromatic heterocycles. The predicted octanol–water partition coefficient (Wildman–Crippen LogP) is 3.01. The number of ether oxygens (including phenoxy) is 2. The van der Waals surface area contributed by atoms with Gasteiger partial charge in [0.15, 0.2) is 0 Å². The molecule has 0 amide bonds. The van der Waals surface area contributed by atoms with Crippen LogP contribution in [0, 0.1) is 13.8 Å². The second kappa shape index (κ2) is 8.08. The highest BCUT2D eigenvalue weighted by atomic mass is 32.1. The topological polar surface area (TPSA) is 76.6 Å². The van der Waals surface area contributed by atoms with Gasteiger partial charge in [0.2, 0.25) is 0 Å². The molecule has 0 radical (unpaired) electrons.